The fraction of sp³-hybridized carbons (Fsp3) is 0.143. The highest BCUT2D eigenvalue weighted by Crippen LogP contribution is 2.36. The minimum Gasteiger partial charge on any atom is -0.460 e. The number of hydrogen-bond donors (Lipinski definition) is 0. The lowest BCUT2D eigenvalue weighted by molar-refractivity contribution is -0.112. The molecule has 1 unspecified atom stereocenters. The minimum absolute atomic E-state index is 0.148. The molecule has 0 radical (unpaired) electrons. The monoisotopic (exact) mass is 394 g/mol. The highest BCUT2D eigenvalue weighted by Gasteiger charge is 2.25. The Kier molecular flexibility index (Phi) is 4.18. The van der Waals surface area contributed by atoms with Crippen LogP contribution in [-0.4, -0.2) is 9.55 Å². The lowest BCUT2D eigenvalue weighted by Gasteiger charge is -2.28. The lowest BCUT2D eigenvalue weighted by Crippen LogP contribution is -2.23. The maximum atomic E-state index is 14.2. The summed E-state index contributed by atoms with van der Waals surface area (Å²) in [6.45, 7) is 0.401. The standard InChI is InChI=1S/C21H15FN2O3S/c22-16-8-14(10-24-12-23-17-6-7-28-19(17)20(24)25)18-15(9-16)11-26-21(27-18)13-4-2-1-3-5-13/h1-9,12,21H,10-11H2. The van der Waals surface area contributed by atoms with Crippen LogP contribution in [-0.2, 0) is 17.9 Å². The number of nitrogens with zero attached hydrogens (tertiary/aromatic N) is 2. The zero-order valence-corrected chi connectivity index (χ0v) is 15.5. The molecular weight excluding hydrogens is 379 g/mol. The molecule has 0 saturated carbocycles. The van der Waals surface area contributed by atoms with Gasteiger partial charge in [-0.15, -0.1) is 11.3 Å². The van der Waals surface area contributed by atoms with Gasteiger partial charge >= 0.3 is 0 Å². The molecule has 7 heteroatoms. The number of rotatable bonds is 3. The molecule has 1 aliphatic rings. The molecule has 0 bridgehead atoms. The Hall–Kier alpha value is -3.03. The second-order valence-corrected chi connectivity index (χ2v) is 7.45. The fourth-order valence-electron chi connectivity index (χ4n) is 3.34. The van der Waals surface area contributed by atoms with Crippen LogP contribution in [0.4, 0.5) is 4.39 Å². The molecule has 5 nitrogen and oxygen atoms in total. The largest absolute Gasteiger partial charge is 0.460 e. The molecule has 5 rings (SSSR count). The zero-order chi connectivity index (χ0) is 19.1. The van der Waals surface area contributed by atoms with Crippen LogP contribution in [0, 0.1) is 5.82 Å². The SMILES string of the molecule is O=c1c2sccc2ncn1Cc1cc(F)cc2c1OC(c1ccccc1)OC2. The lowest BCUT2D eigenvalue weighted by atomic mass is 10.1. The highest BCUT2D eigenvalue weighted by atomic mass is 32.1. The Labute approximate surface area is 163 Å². The summed E-state index contributed by atoms with van der Waals surface area (Å²) in [5.74, 6) is 0.164. The number of thiophene rings is 1. The van der Waals surface area contributed by atoms with Gasteiger partial charge in [-0.2, -0.15) is 0 Å². The van der Waals surface area contributed by atoms with Gasteiger partial charge in [-0.1, -0.05) is 30.3 Å². The quantitative estimate of drug-likeness (QED) is 0.521. The van der Waals surface area contributed by atoms with E-state index in [0.29, 0.717) is 27.1 Å². The van der Waals surface area contributed by atoms with Gasteiger partial charge in [-0.3, -0.25) is 9.36 Å². The van der Waals surface area contributed by atoms with Gasteiger partial charge in [0.05, 0.1) is 25.0 Å². The molecule has 0 fully saturated rings. The van der Waals surface area contributed by atoms with Gasteiger partial charge < -0.3 is 9.47 Å². The van der Waals surface area contributed by atoms with E-state index in [1.807, 2.05) is 35.7 Å². The molecule has 1 aliphatic heterocycles. The Morgan fingerprint density at radius 2 is 2.07 bits per heavy atom. The van der Waals surface area contributed by atoms with E-state index in [0.717, 1.165) is 5.56 Å². The summed E-state index contributed by atoms with van der Waals surface area (Å²) in [5.41, 5.74) is 2.60. The molecule has 0 N–H and O–H groups in total. The van der Waals surface area contributed by atoms with E-state index in [1.54, 1.807) is 6.07 Å². The van der Waals surface area contributed by atoms with Crippen molar-refractivity contribution in [1.29, 1.82) is 0 Å². The predicted octanol–water partition coefficient (Wildman–Crippen LogP) is 4.25. The zero-order valence-electron chi connectivity index (χ0n) is 14.7. The number of ether oxygens (including phenoxy) is 2. The Morgan fingerprint density at radius 3 is 2.93 bits per heavy atom. The minimum atomic E-state index is -0.576. The molecule has 0 amide bonds. The van der Waals surface area contributed by atoms with Crippen molar-refractivity contribution in [2.75, 3.05) is 0 Å². The van der Waals surface area contributed by atoms with E-state index in [9.17, 15) is 9.18 Å². The molecule has 140 valence electrons. The Bertz CT molecular complexity index is 1220. The van der Waals surface area contributed by atoms with Crippen LogP contribution in [0.3, 0.4) is 0 Å². The smallest absolute Gasteiger partial charge is 0.271 e. The van der Waals surface area contributed by atoms with E-state index < -0.39 is 12.1 Å². The highest BCUT2D eigenvalue weighted by molar-refractivity contribution is 7.17. The first-order valence-corrected chi connectivity index (χ1v) is 9.64. The first kappa shape index (κ1) is 17.1. The molecule has 4 aromatic rings. The van der Waals surface area contributed by atoms with Crippen LogP contribution >= 0.6 is 11.3 Å². The average Bonchev–Trinajstić information content (AvgIpc) is 3.20. The van der Waals surface area contributed by atoms with Crippen LogP contribution in [0.1, 0.15) is 23.0 Å². The maximum absolute atomic E-state index is 14.2. The van der Waals surface area contributed by atoms with E-state index in [4.69, 9.17) is 9.47 Å². The average molecular weight is 394 g/mol. The van der Waals surface area contributed by atoms with Crippen molar-refractivity contribution in [2.45, 2.75) is 19.4 Å². The summed E-state index contributed by atoms with van der Waals surface area (Å²) in [7, 11) is 0. The van der Waals surface area contributed by atoms with E-state index >= 15 is 0 Å². The molecule has 0 spiro atoms. The van der Waals surface area contributed by atoms with Crippen molar-refractivity contribution in [3.05, 3.63) is 93.1 Å². The fourth-order valence-corrected chi connectivity index (χ4v) is 4.14. The Balaban J connectivity index is 1.54. The third-order valence-corrected chi connectivity index (χ3v) is 5.56. The van der Waals surface area contributed by atoms with Crippen molar-refractivity contribution in [3.63, 3.8) is 0 Å². The van der Waals surface area contributed by atoms with Gasteiger partial charge in [0, 0.05) is 16.7 Å². The van der Waals surface area contributed by atoms with Crippen LogP contribution in [0.15, 0.2) is 65.0 Å². The van der Waals surface area contributed by atoms with Crippen molar-refractivity contribution in [2.24, 2.45) is 0 Å². The van der Waals surface area contributed by atoms with Crippen LogP contribution < -0.4 is 10.3 Å². The summed E-state index contributed by atoms with van der Waals surface area (Å²) in [4.78, 5) is 17.0. The van der Waals surface area contributed by atoms with E-state index in [2.05, 4.69) is 4.98 Å². The summed E-state index contributed by atoms with van der Waals surface area (Å²) in [5, 5.41) is 1.83. The van der Waals surface area contributed by atoms with Gasteiger partial charge in [-0.25, -0.2) is 9.37 Å². The molecule has 1 atom stereocenters. The van der Waals surface area contributed by atoms with Crippen LogP contribution in [0.25, 0.3) is 10.2 Å². The van der Waals surface area contributed by atoms with Crippen molar-refractivity contribution < 1.29 is 13.9 Å². The second-order valence-electron chi connectivity index (χ2n) is 6.54. The molecular formula is C21H15FN2O3S. The number of hydrogen-bond acceptors (Lipinski definition) is 5. The molecule has 3 heterocycles. The number of benzene rings is 2. The molecule has 2 aromatic heterocycles. The molecule has 2 aromatic carbocycles. The number of aromatic nitrogens is 2. The van der Waals surface area contributed by atoms with Crippen LogP contribution in [0.2, 0.25) is 0 Å². The Morgan fingerprint density at radius 1 is 1.21 bits per heavy atom. The first-order chi connectivity index (χ1) is 13.7. The van der Waals surface area contributed by atoms with E-state index in [1.165, 1.54) is 34.4 Å². The second kappa shape index (κ2) is 6.85. The maximum Gasteiger partial charge on any atom is 0.271 e. The van der Waals surface area contributed by atoms with Crippen molar-refractivity contribution in [1.82, 2.24) is 9.55 Å². The topological polar surface area (TPSA) is 53.4 Å². The van der Waals surface area contributed by atoms with Gasteiger partial charge in [0.25, 0.3) is 5.56 Å². The normalized spacial score (nSPS) is 16.0. The van der Waals surface area contributed by atoms with Crippen LogP contribution in [0.5, 0.6) is 5.75 Å². The van der Waals surface area contributed by atoms with Gasteiger partial charge in [-0.05, 0) is 23.6 Å². The third-order valence-electron chi connectivity index (χ3n) is 4.67. The van der Waals surface area contributed by atoms with Crippen molar-refractivity contribution in [3.8, 4) is 5.75 Å². The van der Waals surface area contributed by atoms with Gasteiger partial charge in [0.15, 0.2) is 0 Å². The summed E-state index contributed by atoms with van der Waals surface area (Å²) < 4.78 is 28.0. The molecule has 0 aliphatic carbocycles. The van der Waals surface area contributed by atoms with Crippen molar-refractivity contribution >= 4 is 21.6 Å². The first-order valence-electron chi connectivity index (χ1n) is 8.76. The summed E-state index contributed by atoms with van der Waals surface area (Å²) in [6, 6.07) is 14.2. The molecule has 28 heavy (non-hydrogen) atoms. The third kappa shape index (κ3) is 2.98. The number of fused-ring (bicyclic) bond motifs is 2. The summed E-state index contributed by atoms with van der Waals surface area (Å²) in [6.07, 6.45) is 0.912. The van der Waals surface area contributed by atoms with Gasteiger partial charge in [0.2, 0.25) is 6.29 Å². The van der Waals surface area contributed by atoms with E-state index in [-0.39, 0.29) is 18.7 Å². The predicted molar refractivity (Wildman–Crippen MR) is 104 cm³/mol. The number of halogens is 1. The van der Waals surface area contributed by atoms with Gasteiger partial charge in [0.1, 0.15) is 16.3 Å². The summed E-state index contributed by atoms with van der Waals surface area (Å²) >= 11 is 1.35. The molecule has 0 saturated heterocycles.